The zero-order chi connectivity index (χ0) is 24.0. The SMILES string of the molecule is O=C(CCc1cccnc1)Nc1ccc(Nc2ncnc3[nH]cc(C(=O)c4ccccc4)c23)cc1. The molecule has 0 bridgehead atoms. The fourth-order valence-corrected chi connectivity index (χ4v) is 3.78. The van der Waals surface area contributed by atoms with Gasteiger partial charge in [-0.05, 0) is 42.3 Å². The lowest BCUT2D eigenvalue weighted by atomic mass is 10.0. The van der Waals surface area contributed by atoms with Gasteiger partial charge in [-0.15, -0.1) is 0 Å². The molecule has 0 spiro atoms. The summed E-state index contributed by atoms with van der Waals surface area (Å²) in [6.07, 6.45) is 7.57. The molecule has 0 saturated heterocycles. The van der Waals surface area contributed by atoms with Crippen molar-refractivity contribution in [2.75, 3.05) is 10.6 Å². The molecule has 8 nitrogen and oxygen atoms in total. The van der Waals surface area contributed by atoms with Crippen molar-refractivity contribution in [3.63, 3.8) is 0 Å². The van der Waals surface area contributed by atoms with Gasteiger partial charge in [-0.1, -0.05) is 36.4 Å². The zero-order valence-electron chi connectivity index (χ0n) is 18.7. The molecule has 0 fully saturated rings. The zero-order valence-corrected chi connectivity index (χ0v) is 18.7. The van der Waals surface area contributed by atoms with Crippen molar-refractivity contribution in [3.8, 4) is 0 Å². The molecule has 8 heteroatoms. The molecule has 0 unspecified atom stereocenters. The largest absolute Gasteiger partial charge is 0.345 e. The summed E-state index contributed by atoms with van der Waals surface area (Å²) >= 11 is 0. The molecule has 35 heavy (non-hydrogen) atoms. The third kappa shape index (κ3) is 5.06. The first-order chi connectivity index (χ1) is 17.2. The molecule has 0 aliphatic carbocycles. The molecule has 3 N–H and O–H groups in total. The Bertz CT molecular complexity index is 1460. The number of benzene rings is 2. The number of fused-ring (bicyclic) bond motifs is 1. The van der Waals surface area contributed by atoms with E-state index in [0.717, 1.165) is 11.3 Å². The number of hydrogen-bond donors (Lipinski definition) is 3. The number of amides is 1. The molecule has 5 rings (SSSR count). The molecule has 172 valence electrons. The minimum atomic E-state index is -0.112. The number of anilines is 3. The summed E-state index contributed by atoms with van der Waals surface area (Å²) < 4.78 is 0. The number of rotatable bonds is 8. The predicted octanol–water partition coefficient (Wildman–Crippen LogP) is 4.90. The molecule has 5 aromatic rings. The van der Waals surface area contributed by atoms with Gasteiger partial charge in [0.2, 0.25) is 5.91 Å². The number of nitrogens with one attached hydrogen (secondary N) is 3. The summed E-state index contributed by atoms with van der Waals surface area (Å²) in [5.74, 6) is 0.339. The molecule has 0 aliphatic heterocycles. The van der Waals surface area contributed by atoms with Crippen LogP contribution in [0, 0.1) is 0 Å². The molecule has 0 aliphatic rings. The number of nitrogens with zero attached hydrogens (tertiary/aromatic N) is 3. The van der Waals surface area contributed by atoms with Crippen LogP contribution in [0.2, 0.25) is 0 Å². The lowest BCUT2D eigenvalue weighted by Crippen LogP contribution is -2.12. The van der Waals surface area contributed by atoms with Crippen LogP contribution in [0.1, 0.15) is 27.9 Å². The van der Waals surface area contributed by atoms with Gasteiger partial charge in [-0.3, -0.25) is 14.6 Å². The van der Waals surface area contributed by atoms with E-state index in [1.807, 2.05) is 54.6 Å². The van der Waals surface area contributed by atoms with E-state index in [1.165, 1.54) is 6.33 Å². The number of H-pyrrole nitrogens is 1. The van der Waals surface area contributed by atoms with E-state index in [1.54, 1.807) is 30.7 Å². The van der Waals surface area contributed by atoms with Crippen molar-refractivity contribution >= 4 is 39.9 Å². The molecular weight excluding hydrogens is 440 g/mol. The topological polar surface area (TPSA) is 113 Å². The fourth-order valence-electron chi connectivity index (χ4n) is 3.78. The lowest BCUT2D eigenvalue weighted by Gasteiger charge is -2.10. The highest BCUT2D eigenvalue weighted by molar-refractivity contribution is 6.18. The van der Waals surface area contributed by atoms with Gasteiger partial charge in [-0.25, -0.2) is 9.97 Å². The van der Waals surface area contributed by atoms with Crippen LogP contribution < -0.4 is 10.6 Å². The Balaban J connectivity index is 1.29. The van der Waals surface area contributed by atoms with E-state index in [9.17, 15) is 9.59 Å². The maximum absolute atomic E-state index is 13.1. The van der Waals surface area contributed by atoms with Crippen LogP contribution in [-0.2, 0) is 11.2 Å². The summed E-state index contributed by atoms with van der Waals surface area (Å²) in [4.78, 5) is 41.1. The van der Waals surface area contributed by atoms with Crippen LogP contribution in [0.5, 0.6) is 0 Å². The number of aromatic amines is 1. The van der Waals surface area contributed by atoms with Crippen LogP contribution in [-0.4, -0.2) is 31.6 Å². The Morgan fingerprint density at radius 2 is 1.69 bits per heavy atom. The Morgan fingerprint density at radius 1 is 0.886 bits per heavy atom. The second-order valence-corrected chi connectivity index (χ2v) is 7.96. The van der Waals surface area contributed by atoms with Crippen molar-refractivity contribution in [2.24, 2.45) is 0 Å². The second kappa shape index (κ2) is 9.96. The molecule has 2 aromatic carbocycles. The average Bonchev–Trinajstić information content (AvgIpc) is 3.35. The Hall–Kier alpha value is -4.85. The molecular formula is C27H22N6O2. The van der Waals surface area contributed by atoms with Gasteiger partial charge in [0, 0.05) is 41.9 Å². The average molecular weight is 463 g/mol. The van der Waals surface area contributed by atoms with Crippen LogP contribution in [0.25, 0.3) is 11.0 Å². The monoisotopic (exact) mass is 462 g/mol. The van der Waals surface area contributed by atoms with Gasteiger partial charge in [0.25, 0.3) is 0 Å². The fraction of sp³-hybridized carbons (Fsp3) is 0.0741. The van der Waals surface area contributed by atoms with Gasteiger partial charge in [0.15, 0.2) is 5.78 Å². The first kappa shape index (κ1) is 22.0. The van der Waals surface area contributed by atoms with Crippen LogP contribution in [0.15, 0.2) is 91.6 Å². The number of ketones is 1. The summed E-state index contributed by atoms with van der Waals surface area (Å²) in [5.41, 5.74) is 4.13. The second-order valence-electron chi connectivity index (χ2n) is 7.96. The van der Waals surface area contributed by atoms with Crippen LogP contribution in [0.3, 0.4) is 0 Å². The Kier molecular flexibility index (Phi) is 6.25. The van der Waals surface area contributed by atoms with Crippen molar-refractivity contribution in [3.05, 3.63) is 108 Å². The first-order valence-corrected chi connectivity index (χ1v) is 11.1. The van der Waals surface area contributed by atoms with Crippen molar-refractivity contribution in [2.45, 2.75) is 12.8 Å². The number of hydrogen-bond acceptors (Lipinski definition) is 6. The van der Waals surface area contributed by atoms with Gasteiger partial charge in [0.1, 0.15) is 17.8 Å². The van der Waals surface area contributed by atoms with Gasteiger partial charge in [-0.2, -0.15) is 0 Å². The number of carbonyl (C=O) groups excluding carboxylic acids is 2. The van der Waals surface area contributed by atoms with Crippen LogP contribution in [0.4, 0.5) is 17.2 Å². The quantitative estimate of drug-likeness (QED) is 0.283. The van der Waals surface area contributed by atoms with Crippen molar-refractivity contribution in [1.82, 2.24) is 19.9 Å². The highest BCUT2D eigenvalue weighted by Gasteiger charge is 2.18. The minimum Gasteiger partial charge on any atom is -0.345 e. The summed E-state index contributed by atoms with van der Waals surface area (Å²) in [6.45, 7) is 0. The molecule has 0 atom stereocenters. The van der Waals surface area contributed by atoms with Gasteiger partial charge < -0.3 is 15.6 Å². The lowest BCUT2D eigenvalue weighted by molar-refractivity contribution is -0.116. The molecule has 3 aromatic heterocycles. The Morgan fingerprint density at radius 3 is 2.46 bits per heavy atom. The molecule has 0 saturated carbocycles. The van der Waals surface area contributed by atoms with Crippen molar-refractivity contribution in [1.29, 1.82) is 0 Å². The van der Waals surface area contributed by atoms with Crippen LogP contribution >= 0.6 is 0 Å². The minimum absolute atomic E-state index is 0.0662. The number of carbonyl (C=O) groups is 2. The van der Waals surface area contributed by atoms with E-state index >= 15 is 0 Å². The Labute approximate surface area is 201 Å². The van der Waals surface area contributed by atoms with E-state index in [2.05, 4.69) is 30.6 Å². The maximum atomic E-state index is 13.1. The molecule has 0 radical (unpaired) electrons. The van der Waals surface area contributed by atoms with Gasteiger partial charge >= 0.3 is 0 Å². The summed E-state index contributed by atoms with van der Waals surface area (Å²) in [5, 5.41) is 6.79. The summed E-state index contributed by atoms with van der Waals surface area (Å²) in [6, 6.07) is 20.2. The molecule has 3 heterocycles. The van der Waals surface area contributed by atoms with E-state index < -0.39 is 0 Å². The van der Waals surface area contributed by atoms with E-state index in [-0.39, 0.29) is 11.7 Å². The molecule has 1 amide bonds. The number of aromatic nitrogens is 4. The number of pyridine rings is 1. The third-order valence-corrected chi connectivity index (χ3v) is 5.55. The summed E-state index contributed by atoms with van der Waals surface area (Å²) in [7, 11) is 0. The van der Waals surface area contributed by atoms with E-state index in [4.69, 9.17) is 0 Å². The highest BCUT2D eigenvalue weighted by Crippen LogP contribution is 2.28. The predicted molar refractivity (Wildman–Crippen MR) is 135 cm³/mol. The first-order valence-electron chi connectivity index (χ1n) is 11.1. The standard InChI is InChI=1S/C27H22N6O2/c34-23(13-8-18-5-4-14-28-15-18)32-20-9-11-21(12-10-20)33-27-24-22(16-29-26(24)30-17-31-27)25(35)19-6-2-1-3-7-19/h1-7,9-12,14-17H,8,13H2,(H,32,34)(H2,29,30,31,33). The number of aryl methyl sites for hydroxylation is 1. The van der Waals surface area contributed by atoms with Crippen molar-refractivity contribution < 1.29 is 9.59 Å². The van der Waals surface area contributed by atoms with Gasteiger partial charge in [0.05, 0.1) is 10.9 Å². The normalized spacial score (nSPS) is 10.7. The van der Waals surface area contributed by atoms with E-state index in [0.29, 0.717) is 46.5 Å². The highest BCUT2D eigenvalue weighted by atomic mass is 16.1. The maximum Gasteiger partial charge on any atom is 0.224 e. The smallest absolute Gasteiger partial charge is 0.224 e. The third-order valence-electron chi connectivity index (χ3n) is 5.55.